The number of hydrogen-bond acceptors (Lipinski definition) is 5. The number of methoxy groups -OCH3 is 1. The minimum absolute atomic E-state index is 0.0930. The fourth-order valence-electron chi connectivity index (χ4n) is 3.24. The lowest BCUT2D eigenvalue weighted by Crippen LogP contribution is -2.28. The summed E-state index contributed by atoms with van der Waals surface area (Å²) in [6.07, 6.45) is 1.68. The lowest BCUT2D eigenvalue weighted by Gasteiger charge is -2.24. The largest absolute Gasteiger partial charge is 0.508 e. The number of phenolic OH excluding ortho intramolecular Hbond substituents is 1. The standard InChI is InChI=1S/C24H24FNO5/c1-24(2,3)31-23(29)21(19-6-5-11-26-19)17-13-15(8-10-20(17)27)14-7-9-18(25)16(12-14)22(28)30-4/h5-13,21,26-27H,1-4H3. The van der Waals surface area contributed by atoms with Crippen molar-refractivity contribution >= 4 is 11.9 Å². The zero-order valence-electron chi connectivity index (χ0n) is 17.7. The molecule has 0 aliphatic heterocycles. The smallest absolute Gasteiger partial charge is 0.340 e. The van der Waals surface area contributed by atoms with Crippen LogP contribution in [0.15, 0.2) is 54.7 Å². The van der Waals surface area contributed by atoms with Crippen molar-refractivity contribution in [2.45, 2.75) is 32.3 Å². The number of aromatic nitrogens is 1. The molecular formula is C24H24FNO5. The minimum atomic E-state index is -0.908. The summed E-state index contributed by atoms with van der Waals surface area (Å²) in [4.78, 5) is 27.9. The first-order valence-corrected chi connectivity index (χ1v) is 9.68. The van der Waals surface area contributed by atoms with Gasteiger partial charge in [-0.15, -0.1) is 0 Å². The van der Waals surface area contributed by atoms with E-state index < -0.39 is 29.3 Å². The maximum absolute atomic E-state index is 14.0. The van der Waals surface area contributed by atoms with Crippen LogP contribution in [-0.2, 0) is 14.3 Å². The number of carbonyl (C=O) groups is 2. The molecule has 0 saturated carbocycles. The maximum Gasteiger partial charge on any atom is 0.340 e. The van der Waals surface area contributed by atoms with Crippen LogP contribution >= 0.6 is 0 Å². The van der Waals surface area contributed by atoms with E-state index >= 15 is 0 Å². The van der Waals surface area contributed by atoms with Gasteiger partial charge in [-0.05, 0) is 68.3 Å². The molecule has 1 aromatic heterocycles. The van der Waals surface area contributed by atoms with Gasteiger partial charge >= 0.3 is 11.9 Å². The van der Waals surface area contributed by atoms with E-state index in [2.05, 4.69) is 9.72 Å². The number of halogens is 1. The van der Waals surface area contributed by atoms with Crippen LogP contribution in [0.4, 0.5) is 4.39 Å². The summed E-state index contributed by atoms with van der Waals surface area (Å²) in [5, 5.41) is 10.6. The number of esters is 2. The van der Waals surface area contributed by atoms with Gasteiger partial charge in [-0.1, -0.05) is 12.1 Å². The normalized spacial score (nSPS) is 12.3. The first kappa shape index (κ1) is 22.1. The molecule has 0 aliphatic rings. The molecule has 0 spiro atoms. The van der Waals surface area contributed by atoms with Crippen molar-refractivity contribution in [1.29, 1.82) is 0 Å². The number of ether oxygens (including phenoxy) is 2. The number of rotatable bonds is 5. The minimum Gasteiger partial charge on any atom is -0.508 e. The van der Waals surface area contributed by atoms with Gasteiger partial charge in [-0.2, -0.15) is 0 Å². The summed E-state index contributed by atoms with van der Waals surface area (Å²) in [7, 11) is 1.18. The molecule has 6 nitrogen and oxygen atoms in total. The van der Waals surface area contributed by atoms with Crippen molar-refractivity contribution in [2.75, 3.05) is 7.11 Å². The van der Waals surface area contributed by atoms with Gasteiger partial charge in [0.15, 0.2) is 0 Å². The van der Waals surface area contributed by atoms with Crippen molar-refractivity contribution in [3.05, 3.63) is 77.4 Å². The Morgan fingerprint density at radius 3 is 2.35 bits per heavy atom. The van der Waals surface area contributed by atoms with Crippen LogP contribution in [0.5, 0.6) is 5.75 Å². The zero-order chi connectivity index (χ0) is 22.8. The number of hydrogen-bond donors (Lipinski definition) is 2. The van der Waals surface area contributed by atoms with Crippen LogP contribution in [-0.4, -0.2) is 34.7 Å². The van der Waals surface area contributed by atoms with Crippen molar-refractivity contribution in [2.24, 2.45) is 0 Å². The number of H-pyrrole nitrogens is 1. The van der Waals surface area contributed by atoms with Crippen molar-refractivity contribution in [3.8, 4) is 16.9 Å². The Labute approximate surface area is 179 Å². The Morgan fingerprint density at radius 2 is 1.74 bits per heavy atom. The van der Waals surface area contributed by atoms with Crippen LogP contribution in [0.3, 0.4) is 0 Å². The van der Waals surface area contributed by atoms with Crippen LogP contribution in [0, 0.1) is 5.82 Å². The van der Waals surface area contributed by atoms with Gasteiger partial charge in [-0.25, -0.2) is 9.18 Å². The average molecular weight is 425 g/mol. The number of nitrogens with one attached hydrogen (secondary N) is 1. The molecule has 31 heavy (non-hydrogen) atoms. The number of aromatic hydroxyl groups is 1. The van der Waals surface area contributed by atoms with E-state index in [1.807, 2.05) is 0 Å². The highest BCUT2D eigenvalue weighted by atomic mass is 19.1. The summed E-state index contributed by atoms with van der Waals surface area (Å²) < 4.78 is 24.2. The van der Waals surface area contributed by atoms with Gasteiger partial charge in [-0.3, -0.25) is 4.79 Å². The number of phenols is 1. The molecule has 2 aromatic carbocycles. The monoisotopic (exact) mass is 425 g/mol. The average Bonchev–Trinajstić information content (AvgIpc) is 3.22. The molecule has 3 aromatic rings. The second kappa shape index (κ2) is 8.63. The summed E-state index contributed by atoms with van der Waals surface area (Å²) in [5.41, 5.74) is 1.05. The lowest BCUT2D eigenvalue weighted by molar-refractivity contribution is -0.155. The summed E-state index contributed by atoms with van der Waals surface area (Å²) in [6.45, 7) is 5.29. The quantitative estimate of drug-likeness (QED) is 0.574. The fourth-order valence-corrected chi connectivity index (χ4v) is 3.24. The van der Waals surface area contributed by atoms with Crippen molar-refractivity contribution in [3.63, 3.8) is 0 Å². The maximum atomic E-state index is 14.0. The molecule has 0 saturated heterocycles. The van der Waals surface area contributed by atoms with E-state index in [-0.39, 0.29) is 11.3 Å². The molecule has 0 radical (unpaired) electrons. The Kier molecular flexibility index (Phi) is 6.15. The molecule has 1 atom stereocenters. The Morgan fingerprint density at radius 1 is 1.06 bits per heavy atom. The first-order valence-electron chi connectivity index (χ1n) is 9.68. The van der Waals surface area contributed by atoms with Gasteiger partial charge in [0.2, 0.25) is 0 Å². The molecule has 1 heterocycles. The highest BCUT2D eigenvalue weighted by molar-refractivity contribution is 5.91. The van der Waals surface area contributed by atoms with Crippen LogP contribution in [0.1, 0.15) is 48.3 Å². The van der Waals surface area contributed by atoms with Crippen molar-refractivity contribution in [1.82, 2.24) is 4.98 Å². The SMILES string of the molecule is COC(=O)c1cc(-c2ccc(O)c(C(C(=O)OC(C)(C)C)c3ccc[nH]3)c2)ccc1F. The summed E-state index contributed by atoms with van der Waals surface area (Å²) >= 11 is 0. The summed E-state index contributed by atoms with van der Waals surface area (Å²) in [5.74, 6) is -3.03. The fraction of sp³-hybridized carbons (Fsp3) is 0.250. The molecular weight excluding hydrogens is 401 g/mol. The van der Waals surface area contributed by atoms with E-state index in [1.54, 1.807) is 51.2 Å². The van der Waals surface area contributed by atoms with Crippen LogP contribution in [0.25, 0.3) is 11.1 Å². The lowest BCUT2D eigenvalue weighted by atomic mass is 9.91. The van der Waals surface area contributed by atoms with Gasteiger partial charge in [0.05, 0.1) is 12.7 Å². The van der Waals surface area contributed by atoms with Crippen molar-refractivity contribution < 1.29 is 28.6 Å². The summed E-state index contributed by atoms with van der Waals surface area (Å²) in [6, 6.07) is 12.2. The first-order chi connectivity index (χ1) is 14.6. The van der Waals surface area contributed by atoms with E-state index in [1.165, 1.54) is 31.4 Å². The van der Waals surface area contributed by atoms with Gasteiger partial charge in [0.25, 0.3) is 0 Å². The number of carbonyl (C=O) groups excluding carboxylic acids is 2. The predicted molar refractivity (Wildman–Crippen MR) is 113 cm³/mol. The molecule has 162 valence electrons. The third kappa shape index (κ3) is 4.94. The Bertz CT molecular complexity index is 1100. The molecule has 1 unspecified atom stereocenters. The molecule has 0 fully saturated rings. The number of benzene rings is 2. The number of aromatic amines is 1. The van der Waals surface area contributed by atoms with Gasteiger partial charge in [0, 0.05) is 17.5 Å². The van der Waals surface area contributed by atoms with Gasteiger partial charge < -0.3 is 19.6 Å². The second-order valence-corrected chi connectivity index (χ2v) is 8.05. The van der Waals surface area contributed by atoms with Crippen LogP contribution < -0.4 is 0 Å². The molecule has 2 N–H and O–H groups in total. The highest BCUT2D eigenvalue weighted by Crippen LogP contribution is 2.36. The Hall–Kier alpha value is -3.61. The van der Waals surface area contributed by atoms with E-state index in [0.717, 1.165) is 0 Å². The Balaban J connectivity index is 2.10. The third-order valence-electron chi connectivity index (χ3n) is 4.62. The van der Waals surface area contributed by atoms with E-state index in [4.69, 9.17) is 4.74 Å². The third-order valence-corrected chi connectivity index (χ3v) is 4.62. The molecule has 0 aliphatic carbocycles. The van der Waals surface area contributed by atoms with Gasteiger partial charge in [0.1, 0.15) is 23.1 Å². The molecule has 3 rings (SSSR count). The van der Waals surface area contributed by atoms with Crippen LogP contribution in [0.2, 0.25) is 0 Å². The van der Waals surface area contributed by atoms with E-state index in [9.17, 15) is 19.1 Å². The zero-order valence-corrected chi connectivity index (χ0v) is 17.7. The molecule has 0 bridgehead atoms. The second-order valence-electron chi connectivity index (χ2n) is 8.05. The van der Waals surface area contributed by atoms with E-state index in [0.29, 0.717) is 22.4 Å². The molecule has 0 amide bonds. The predicted octanol–water partition coefficient (Wildman–Crippen LogP) is 4.79. The topological polar surface area (TPSA) is 88.6 Å². The molecule has 7 heteroatoms. The highest BCUT2D eigenvalue weighted by Gasteiger charge is 2.31.